The molecule has 2 unspecified atom stereocenters. The maximum Gasteiger partial charge on any atom is 0.161 e. The van der Waals surface area contributed by atoms with Crippen molar-refractivity contribution in [1.82, 2.24) is 15.5 Å². The molecule has 6 nitrogen and oxygen atoms in total. The fourth-order valence-electron chi connectivity index (χ4n) is 4.13. The molecule has 1 aromatic rings. The normalized spacial score (nSPS) is 22.1. The number of rotatable bonds is 8. The lowest BCUT2D eigenvalue weighted by atomic mass is 9.94. The molecule has 1 saturated heterocycles. The molecule has 1 aliphatic heterocycles. The molecule has 2 atom stereocenters. The molecule has 29 heavy (non-hydrogen) atoms. The monoisotopic (exact) mass is 399 g/mol. The van der Waals surface area contributed by atoms with Crippen molar-refractivity contribution >= 4 is 0 Å². The van der Waals surface area contributed by atoms with Gasteiger partial charge in [-0.05, 0) is 30.5 Å². The first-order chi connectivity index (χ1) is 14.2. The number of hydrogen-bond acceptors (Lipinski definition) is 6. The molecule has 7 heteroatoms. The summed E-state index contributed by atoms with van der Waals surface area (Å²) in [4.78, 5) is 2.29. The van der Waals surface area contributed by atoms with Crippen LogP contribution < -0.4 is 10.6 Å². The highest BCUT2D eigenvalue weighted by molar-refractivity contribution is 5.16. The summed E-state index contributed by atoms with van der Waals surface area (Å²) >= 11 is 0. The largest absolute Gasteiger partial charge is 0.374 e. The Morgan fingerprint density at radius 3 is 2.55 bits per heavy atom. The molecule has 1 saturated carbocycles. The van der Waals surface area contributed by atoms with Gasteiger partial charge < -0.3 is 4.74 Å². The Kier molecular flexibility index (Phi) is 8.39. The molecule has 0 bridgehead atoms. The van der Waals surface area contributed by atoms with Crippen LogP contribution in [0.1, 0.15) is 37.7 Å². The maximum absolute atomic E-state index is 13.1. The summed E-state index contributed by atoms with van der Waals surface area (Å²) < 4.78 is 19.0. The zero-order valence-electron chi connectivity index (χ0n) is 16.8. The highest BCUT2D eigenvalue weighted by Gasteiger charge is 2.27. The van der Waals surface area contributed by atoms with Crippen molar-refractivity contribution in [2.24, 2.45) is 5.92 Å². The van der Waals surface area contributed by atoms with E-state index in [1.807, 2.05) is 12.1 Å². The molecule has 2 N–H and O–H groups in total. The molecule has 3 rings (SSSR count). The van der Waals surface area contributed by atoms with Gasteiger partial charge in [0.05, 0.1) is 31.0 Å². The molecule has 1 heterocycles. The summed E-state index contributed by atoms with van der Waals surface area (Å²) in [6.45, 7) is 3.54. The van der Waals surface area contributed by atoms with E-state index in [2.05, 4.69) is 27.7 Å². The number of halogens is 1. The molecule has 0 spiro atoms. The summed E-state index contributed by atoms with van der Waals surface area (Å²) in [5, 5.41) is 25.6. The van der Waals surface area contributed by atoms with Crippen molar-refractivity contribution in [3.8, 4) is 12.1 Å². The number of benzene rings is 1. The Bertz CT molecular complexity index is 693. The van der Waals surface area contributed by atoms with E-state index >= 15 is 0 Å². The Hall–Kier alpha value is -2.03. The minimum atomic E-state index is -0.740. The summed E-state index contributed by atoms with van der Waals surface area (Å²) in [6, 6.07) is 11.2. The van der Waals surface area contributed by atoms with Crippen LogP contribution in [0.5, 0.6) is 0 Å². The topological polar surface area (TPSA) is 84.1 Å². The highest BCUT2D eigenvalue weighted by atomic mass is 19.1. The molecule has 2 aliphatic rings. The third-order valence-corrected chi connectivity index (χ3v) is 5.74. The van der Waals surface area contributed by atoms with Gasteiger partial charge in [0.15, 0.2) is 5.92 Å². The lowest BCUT2D eigenvalue weighted by Gasteiger charge is -2.35. The van der Waals surface area contributed by atoms with Crippen LogP contribution in [0.25, 0.3) is 0 Å². The lowest BCUT2D eigenvalue weighted by Crippen LogP contribution is -2.55. The van der Waals surface area contributed by atoms with Gasteiger partial charge in [0.25, 0.3) is 0 Å². The number of hydrogen-bond donors (Lipinski definition) is 2. The Balaban J connectivity index is 1.51. The minimum absolute atomic E-state index is 0.0158. The van der Waals surface area contributed by atoms with E-state index in [9.17, 15) is 14.9 Å². The Labute approximate surface area is 172 Å². The standard InChI is InChI=1S/C22H30FN5O/c23-19-8-6-17(7-9-19)15-28-10-11-29-21(16-28)14-26-22(18(12-24)13-25)27-20-4-2-1-3-5-20/h6-9,18,20-22,26-27H,1-5,10-11,14-16H2. The summed E-state index contributed by atoms with van der Waals surface area (Å²) in [5.41, 5.74) is 1.07. The van der Waals surface area contributed by atoms with E-state index in [-0.39, 0.29) is 18.1 Å². The molecule has 0 aromatic heterocycles. The fourth-order valence-corrected chi connectivity index (χ4v) is 4.13. The van der Waals surface area contributed by atoms with Crippen LogP contribution in [0.4, 0.5) is 4.39 Å². The minimum Gasteiger partial charge on any atom is -0.374 e. The van der Waals surface area contributed by atoms with Gasteiger partial charge in [-0.25, -0.2) is 4.39 Å². The molecule has 0 radical (unpaired) electrons. The van der Waals surface area contributed by atoms with Crippen molar-refractivity contribution in [2.45, 2.75) is 57.0 Å². The molecular formula is C22H30FN5O. The lowest BCUT2D eigenvalue weighted by molar-refractivity contribution is -0.0319. The first-order valence-electron chi connectivity index (χ1n) is 10.5. The summed E-state index contributed by atoms with van der Waals surface area (Å²) in [5.74, 6) is -0.963. The second-order valence-electron chi connectivity index (χ2n) is 7.98. The number of morpholine rings is 1. The molecule has 156 valence electrons. The molecule has 1 aromatic carbocycles. The Morgan fingerprint density at radius 2 is 1.86 bits per heavy atom. The Morgan fingerprint density at radius 1 is 1.14 bits per heavy atom. The van der Waals surface area contributed by atoms with E-state index in [0.29, 0.717) is 19.2 Å². The molecule has 0 amide bonds. The quantitative estimate of drug-likeness (QED) is 0.654. The van der Waals surface area contributed by atoms with Gasteiger partial charge in [-0.15, -0.1) is 0 Å². The van der Waals surface area contributed by atoms with E-state index in [1.54, 1.807) is 0 Å². The van der Waals surface area contributed by atoms with Gasteiger partial charge in [-0.2, -0.15) is 10.5 Å². The summed E-state index contributed by atoms with van der Waals surface area (Å²) in [6.07, 6.45) is 5.45. The van der Waals surface area contributed by atoms with Crippen molar-refractivity contribution in [3.05, 3.63) is 35.6 Å². The second-order valence-corrected chi connectivity index (χ2v) is 7.98. The van der Waals surface area contributed by atoms with Crippen LogP contribution in [0, 0.1) is 34.4 Å². The molecule has 2 fully saturated rings. The average Bonchev–Trinajstić information content (AvgIpc) is 2.75. The van der Waals surface area contributed by atoms with Crippen molar-refractivity contribution in [2.75, 3.05) is 26.2 Å². The van der Waals surface area contributed by atoms with Crippen LogP contribution in [-0.2, 0) is 11.3 Å². The van der Waals surface area contributed by atoms with Gasteiger partial charge >= 0.3 is 0 Å². The number of nitrogens with one attached hydrogen (secondary N) is 2. The summed E-state index contributed by atoms with van der Waals surface area (Å²) in [7, 11) is 0. The number of nitrogens with zero attached hydrogens (tertiary/aromatic N) is 3. The van der Waals surface area contributed by atoms with E-state index in [1.165, 1.54) is 31.4 Å². The van der Waals surface area contributed by atoms with Crippen LogP contribution in [0.3, 0.4) is 0 Å². The molecular weight excluding hydrogens is 369 g/mol. The average molecular weight is 400 g/mol. The van der Waals surface area contributed by atoms with E-state index < -0.39 is 5.92 Å². The van der Waals surface area contributed by atoms with Gasteiger partial charge in [0.1, 0.15) is 5.82 Å². The van der Waals surface area contributed by atoms with Crippen molar-refractivity contribution in [3.63, 3.8) is 0 Å². The van der Waals surface area contributed by atoms with Gasteiger partial charge in [-0.1, -0.05) is 31.4 Å². The van der Waals surface area contributed by atoms with Crippen LogP contribution in [-0.4, -0.2) is 49.5 Å². The van der Waals surface area contributed by atoms with Gasteiger partial charge in [0.2, 0.25) is 0 Å². The predicted octanol–water partition coefficient (Wildman–Crippen LogP) is 2.53. The molecule has 1 aliphatic carbocycles. The number of ether oxygens (including phenoxy) is 1. The highest BCUT2D eigenvalue weighted by Crippen LogP contribution is 2.19. The van der Waals surface area contributed by atoms with Crippen LogP contribution in [0.2, 0.25) is 0 Å². The van der Waals surface area contributed by atoms with E-state index in [0.717, 1.165) is 38.0 Å². The zero-order valence-corrected chi connectivity index (χ0v) is 16.8. The maximum atomic E-state index is 13.1. The van der Waals surface area contributed by atoms with Crippen LogP contribution >= 0.6 is 0 Å². The SMILES string of the molecule is N#CC(C#N)C(NCC1CN(Cc2ccc(F)cc2)CCO1)NC1CCCCC1. The third-order valence-electron chi connectivity index (χ3n) is 5.74. The zero-order chi connectivity index (χ0) is 20.5. The van der Waals surface area contributed by atoms with Crippen molar-refractivity contribution < 1.29 is 9.13 Å². The van der Waals surface area contributed by atoms with Gasteiger partial charge in [0, 0.05) is 32.2 Å². The number of nitriles is 2. The van der Waals surface area contributed by atoms with E-state index in [4.69, 9.17) is 4.74 Å². The first-order valence-corrected chi connectivity index (χ1v) is 10.5. The second kappa shape index (κ2) is 11.2. The van der Waals surface area contributed by atoms with Gasteiger partial charge in [-0.3, -0.25) is 15.5 Å². The van der Waals surface area contributed by atoms with Crippen molar-refractivity contribution in [1.29, 1.82) is 10.5 Å². The predicted molar refractivity (Wildman–Crippen MR) is 108 cm³/mol. The fraction of sp³-hybridized carbons (Fsp3) is 0.636. The smallest absolute Gasteiger partial charge is 0.161 e. The van der Waals surface area contributed by atoms with Crippen LogP contribution in [0.15, 0.2) is 24.3 Å². The first kappa shape index (κ1) is 21.7. The third kappa shape index (κ3) is 6.76.